The standard InChI is InChI=1S/C17H27N3/c1-13-10-20(12-17(13)19(2)3)11-15-9-18-8-14-6-4-5-7-16(14)15/h4-7,13,15,17-18H,8-12H2,1-3H3. The zero-order valence-corrected chi connectivity index (χ0v) is 13.0. The van der Waals surface area contributed by atoms with Gasteiger partial charge in [0.25, 0.3) is 0 Å². The van der Waals surface area contributed by atoms with Crippen LogP contribution in [0.4, 0.5) is 0 Å². The Labute approximate surface area is 123 Å². The molecule has 3 nitrogen and oxygen atoms in total. The van der Waals surface area contributed by atoms with Gasteiger partial charge in [0.1, 0.15) is 0 Å². The topological polar surface area (TPSA) is 18.5 Å². The Morgan fingerprint density at radius 3 is 2.80 bits per heavy atom. The van der Waals surface area contributed by atoms with Gasteiger partial charge in [-0.3, -0.25) is 0 Å². The first kappa shape index (κ1) is 14.1. The molecule has 1 fully saturated rings. The minimum Gasteiger partial charge on any atom is -0.312 e. The minimum atomic E-state index is 0.646. The minimum absolute atomic E-state index is 0.646. The fourth-order valence-electron chi connectivity index (χ4n) is 3.93. The van der Waals surface area contributed by atoms with E-state index in [0.29, 0.717) is 12.0 Å². The number of benzene rings is 1. The van der Waals surface area contributed by atoms with E-state index in [4.69, 9.17) is 0 Å². The summed E-state index contributed by atoms with van der Waals surface area (Å²) in [5.74, 6) is 1.42. The summed E-state index contributed by atoms with van der Waals surface area (Å²) in [6.45, 7) is 8.18. The molecule has 1 saturated heterocycles. The van der Waals surface area contributed by atoms with Gasteiger partial charge in [0.2, 0.25) is 0 Å². The van der Waals surface area contributed by atoms with Gasteiger partial charge in [-0.15, -0.1) is 0 Å². The van der Waals surface area contributed by atoms with Crippen molar-refractivity contribution in [1.82, 2.24) is 15.1 Å². The van der Waals surface area contributed by atoms with Crippen molar-refractivity contribution in [3.05, 3.63) is 35.4 Å². The first-order chi connectivity index (χ1) is 9.65. The van der Waals surface area contributed by atoms with E-state index in [1.54, 1.807) is 5.56 Å². The molecular weight excluding hydrogens is 246 g/mol. The molecule has 0 saturated carbocycles. The summed E-state index contributed by atoms with van der Waals surface area (Å²) in [5.41, 5.74) is 3.05. The molecule has 0 amide bonds. The van der Waals surface area contributed by atoms with E-state index in [-0.39, 0.29) is 0 Å². The van der Waals surface area contributed by atoms with Crippen LogP contribution in [0.2, 0.25) is 0 Å². The number of rotatable bonds is 3. The lowest BCUT2D eigenvalue weighted by Crippen LogP contribution is -2.38. The summed E-state index contributed by atoms with van der Waals surface area (Å²) in [4.78, 5) is 5.04. The van der Waals surface area contributed by atoms with Crippen molar-refractivity contribution in [2.45, 2.75) is 25.4 Å². The number of nitrogens with one attached hydrogen (secondary N) is 1. The summed E-state index contributed by atoms with van der Waals surface area (Å²) >= 11 is 0. The Morgan fingerprint density at radius 2 is 2.05 bits per heavy atom. The number of nitrogens with zero attached hydrogens (tertiary/aromatic N) is 2. The maximum Gasteiger partial charge on any atom is 0.0254 e. The van der Waals surface area contributed by atoms with Crippen LogP contribution in [-0.4, -0.2) is 56.1 Å². The molecule has 0 aliphatic carbocycles. The van der Waals surface area contributed by atoms with Crippen LogP contribution >= 0.6 is 0 Å². The fourth-order valence-corrected chi connectivity index (χ4v) is 3.93. The highest BCUT2D eigenvalue weighted by Gasteiger charge is 2.32. The Kier molecular flexibility index (Phi) is 4.11. The van der Waals surface area contributed by atoms with Crippen LogP contribution < -0.4 is 5.32 Å². The summed E-state index contributed by atoms with van der Waals surface area (Å²) in [6.07, 6.45) is 0. The van der Waals surface area contributed by atoms with Crippen molar-refractivity contribution < 1.29 is 0 Å². The average molecular weight is 273 g/mol. The second-order valence-corrected chi connectivity index (χ2v) is 6.75. The first-order valence-electron chi connectivity index (χ1n) is 7.82. The van der Waals surface area contributed by atoms with Crippen molar-refractivity contribution in [3.8, 4) is 0 Å². The molecule has 1 N–H and O–H groups in total. The van der Waals surface area contributed by atoms with Crippen molar-refractivity contribution in [2.75, 3.05) is 40.3 Å². The molecule has 3 rings (SSSR count). The molecule has 0 radical (unpaired) electrons. The SMILES string of the molecule is CC1CN(CC2CNCc3ccccc32)CC1N(C)C. The van der Waals surface area contributed by atoms with Gasteiger partial charge < -0.3 is 15.1 Å². The van der Waals surface area contributed by atoms with Crippen molar-refractivity contribution in [2.24, 2.45) is 5.92 Å². The lowest BCUT2D eigenvalue weighted by atomic mass is 9.90. The zero-order valence-electron chi connectivity index (χ0n) is 13.0. The molecule has 3 atom stereocenters. The van der Waals surface area contributed by atoms with Gasteiger partial charge in [-0.1, -0.05) is 31.2 Å². The van der Waals surface area contributed by atoms with E-state index in [1.165, 1.54) is 25.2 Å². The molecule has 2 heterocycles. The first-order valence-corrected chi connectivity index (χ1v) is 7.82. The molecule has 0 bridgehead atoms. The van der Waals surface area contributed by atoms with E-state index in [0.717, 1.165) is 19.0 Å². The number of fused-ring (bicyclic) bond motifs is 1. The van der Waals surface area contributed by atoms with E-state index in [2.05, 4.69) is 60.4 Å². The Balaban J connectivity index is 1.68. The third kappa shape index (κ3) is 2.76. The molecule has 3 unspecified atom stereocenters. The van der Waals surface area contributed by atoms with Crippen molar-refractivity contribution in [3.63, 3.8) is 0 Å². The average Bonchev–Trinajstić information content (AvgIpc) is 2.80. The fraction of sp³-hybridized carbons (Fsp3) is 0.647. The van der Waals surface area contributed by atoms with Gasteiger partial charge in [-0.25, -0.2) is 0 Å². The van der Waals surface area contributed by atoms with Crippen LogP contribution in [0.5, 0.6) is 0 Å². The van der Waals surface area contributed by atoms with E-state index >= 15 is 0 Å². The number of hydrogen-bond donors (Lipinski definition) is 1. The van der Waals surface area contributed by atoms with Gasteiger partial charge in [0, 0.05) is 44.7 Å². The van der Waals surface area contributed by atoms with E-state index in [9.17, 15) is 0 Å². The number of likely N-dealkylation sites (tertiary alicyclic amines) is 1. The van der Waals surface area contributed by atoms with Gasteiger partial charge in [0.15, 0.2) is 0 Å². The van der Waals surface area contributed by atoms with E-state index < -0.39 is 0 Å². The molecule has 20 heavy (non-hydrogen) atoms. The molecule has 110 valence electrons. The largest absolute Gasteiger partial charge is 0.312 e. The maximum absolute atomic E-state index is 3.57. The van der Waals surface area contributed by atoms with Gasteiger partial charge in [0.05, 0.1) is 0 Å². The van der Waals surface area contributed by atoms with Crippen LogP contribution in [0, 0.1) is 5.92 Å². The molecule has 3 heteroatoms. The second-order valence-electron chi connectivity index (χ2n) is 6.75. The van der Waals surface area contributed by atoms with E-state index in [1.807, 2.05) is 0 Å². The number of hydrogen-bond acceptors (Lipinski definition) is 3. The van der Waals surface area contributed by atoms with Crippen LogP contribution in [0.1, 0.15) is 24.0 Å². The van der Waals surface area contributed by atoms with Crippen molar-refractivity contribution in [1.29, 1.82) is 0 Å². The van der Waals surface area contributed by atoms with Gasteiger partial charge >= 0.3 is 0 Å². The third-order valence-electron chi connectivity index (χ3n) is 4.99. The molecule has 2 aliphatic heterocycles. The highest BCUT2D eigenvalue weighted by molar-refractivity contribution is 5.33. The third-order valence-corrected chi connectivity index (χ3v) is 4.99. The lowest BCUT2D eigenvalue weighted by molar-refractivity contribution is 0.246. The molecular formula is C17H27N3. The maximum atomic E-state index is 3.57. The molecule has 0 spiro atoms. The van der Waals surface area contributed by atoms with Crippen LogP contribution in [0.3, 0.4) is 0 Å². The van der Waals surface area contributed by atoms with Crippen LogP contribution in [0.15, 0.2) is 24.3 Å². The number of likely N-dealkylation sites (N-methyl/N-ethyl adjacent to an activating group) is 1. The van der Waals surface area contributed by atoms with Crippen LogP contribution in [0.25, 0.3) is 0 Å². The predicted molar refractivity (Wildman–Crippen MR) is 84.0 cm³/mol. The quantitative estimate of drug-likeness (QED) is 0.905. The lowest BCUT2D eigenvalue weighted by Gasteiger charge is -2.30. The van der Waals surface area contributed by atoms with Gasteiger partial charge in [-0.05, 0) is 31.1 Å². The summed E-state index contributed by atoms with van der Waals surface area (Å²) in [5, 5.41) is 3.57. The Bertz CT molecular complexity index is 457. The Morgan fingerprint density at radius 1 is 1.25 bits per heavy atom. The summed E-state index contributed by atoms with van der Waals surface area (Å²) in [6, 6.07) is 9.64. The smallest absolute Gasteiger partial charge is 0.0254 e. The summed E-state index contributed by atoms with van der Waals surface area (Å²) in [7, 11) is 4.42. The monoisotopic (exact) mass is 273 g/mol. The second kappa shape index (κ2) is 5.84. The van der Waals surface area contributed by atoms with Gasteiger partial charge in [-0.2, -0.15) is 0 Å². The zero-order chi connectivity index (χ0) is 14.1. The molecule has 1 aromatic rings. The predicted octanol–water partition coefficient (Wildman–Crippen LogP) is 1.76. The highest BCUT2D eigenvalue weighted by Crippen LogP contribution is 2.27. The highest BCUT2D eigenvalue weighted by atomic mass is 15.2. The normalized spacial score (nSPS) is 30.7. The molecule has 0 aromatic heterocycles. The van der Waals surface area contributed by atoms with Crippen molar-refractivity contribution >= 4 is 0 Å². The molecule has 1 aromatic carbocycles. The molecule has 2 aliphatic rings. The summed E-state index contributed by atoms with van der Waals surface area (Å²) < 4.78 is 0. The van der Waals surface area contributed by atoms with Crippen LogP contribution in [-0.2, 0) is 6.54 Å². The Hall–Kier alpha value is -0.900.